The van der Waals surface area contributed by atoms with E-state index in [-0.39, 0.29) is 6.29 Å². The lowest BCUT2D eigenvalue weighted by atomic mass is 10.2. The Morgan fingerprint density at radius 2 is 1.89 bits per heavy atom. The Balaban J connectivity index is 2.41. The first-order valence-electron chi connectivity index (χ1n) is 6.39. The van der Waals surface area contributed by atoms with E-state index in [4.69, 9.17) is 15.2 Å². The van der Waals surface area contributed by atoms with Crippen molar-refractivity contribution in [3.8, 4) is 0 Å². The average Bonchev–Trinajstić information content (AvgIpc) is 2.34. The summed E-state index contributed by atoms with van der Waals surface area (Å²) >= 11 is 1.80. The molecule has 2 N–H and O–H groups in total. The third-order valence-electron chi connectivity index (χ3n) is 2.53. The Morgan fingerprint density at radius 3 is 2.50 bits per heavy atom. The van der Waals surface area contributed by atoms with Crippen LogP contribution in [0.1, 0.15) is 25.8 Å². The second kappa shape index (κ2) is 8.40. The molecule has 0 bridgehead atoms. The normalized spacial score (nSPS) is 11.1. The van der Waals surface area contributed by atoms with Gasteiger partial charge >= 0.3 is 0 Å². The van der Waals surface area contributed by atoms with E-state index in [0.717, 1.165) is 17.9 Å². The van der Waals surface area contributed by atoms with Gasteiger partial charge in [-0.2, -0.15) is 0 Å². The van der Waals surface area contributed by atoms with Gasteiger partial charge in [0.15, 0.2) is 6.29 Å². The number of benzene rings is 1. The Labute approximate surface area is 114 Å². The number of nitrogens with two attached hydrogens (primary N) is 1. The van der Waals surface area contributed by atoms with Crippen molar-refractivity contribution in [3.05, 3.63) is 23.8 Å². The van der Waals surface area contributed by atoms with Crippen LogP contribution in [-0.2, 0) is 9.47 Å². The second-order valence-electron chi connectivity index (χ2n) is 4.00. The third kappa shape index (κ3) is 5.29. The molecule has 0 spiro atoms. The molecule has 1 rings (SSSR count). The Kier molecular flexibility index (Phi) is 7.16. The van der Waals surface area contributed by atoms with E-state index in [1.165, 1.54) is 10.5 Å². The van der Waals surface area contributed by atoms with Gasteiger partial charge in [0.05, 0.1) is 0 Å². The summed E-state index contributed by atoms with van der Waals surface area (Å²) < 4.78 is 11.0. The minimum atomic E-state index is -0.0890. The third-order valence-corrected chi connectivity index (χ3v) is 3.72. The molecule has 0 saturated heterocycles. The van der Waals surface area contributed by atoms with Gasteiger partial charge in [0.2, 0.25) is 0 Å². The smallest absolute Gasteiger partial charge is 0.158 e. The van der Waals surface area contributed by atoms with Crippen molar-refractivity contribution in [2.75, 3.05) is 24.7 Å². The highest BCUT2D eigenvalue weighted by molar-refractivity contribution is 7.99. The second-order valence-corrected chi connectivity index (χ2v) is 5.14. The summed E-state index contributed by atoms with van der Waals surface area (Å²) in [6.07, 6.45) is 0.800. The number of rotatable bonds is 8. The van der Waals surface area contributed by atoms with E-state index in [1.807, 2.05) is 26.0 Å². The molecular weight excluding hydrogens is 246 g/mol. The molecule has 18 heavy (non-hydrogen) atoms. The Bertz CT molecular complexity index is 352. The van der Waals surface area contributed by atoms with Crippen molar-refractivity contribution in [2.45, 2.75) is 38.4 Å². The van der Waals surface area contributed by atoms with Gasteiger partial charge in [-0.3, -0.25) is 0 Å². The maximum absolute atomic E-state index is 5.79. The fraction of sp³-hybridized carbons (Fsp3) is 0.571. The van der Waals surface area contributed by atoms with Crippen molar-refractivity contribution in [2.24, 2.45) is 0 Å². The molecule has 0 atom stereocenters. The van der Waals surface area contributed by atoms with Crippen LogP contribution in [0.15, 0.2) is 23.1 Å². The summed E-state index contributed by atoms with van der Waals surface area (Å²) in [6, 6.07) is 6.01. The van der Waals surface area contributed by atoms with E-state index >= 15 is 0 Å². The van der Waals surface area contributed by atoms with Gasteiger partial charge in [0, 0.05) is 36.0 Å². The predicted molar refractivity (Wildman–Crippen MR) is 78.0 cm³/mol. The SMILES string of the molecule is CCOC(CCSc1cc(N)ccc1C)OCC. The van der Waals surface area contributed by atoms with Gasteiger partial charge < -0.3 is 15.2 Å². The fourth-order valence-electron chi connectivity index (χ4n) is 1.62. The summed E-state index contributed by atoms with van der Waals surface area (Å²) in [5.74, 6) is 0.967. The molecule has 1 aromatic rings. The number of nitrogen functional groups attached to an aromatic ring is 1. The molecule has 0 fully saturated rings. The first-order chi connectivity index (χ1) is 8.67. The molecular formula is C14H23NO2S. The lowest BCUT2D eigenvalue weighted by Gasteiger charge is -2.16. The summed E-state index contributed by atoms with van der Waals surface area (Å²) in [6.45, 7) is 7.45. The largest absolute Gasteiger partial charge is 0.399 e. The van der Waals surface area contributed by atoms with Crippen molar-refractivity contribution in [3.63, 3.8) is 0 Å². The predicted octanol–water partition coefficient (Wildman–Crippen LogP) is 3.46. The van der Waals surface area contributed by atoms with E-state index in [0.29, 0.717) is 13.2 Å². The number of anilines is 1. The van der Waals surface area contributed by atoms with Crippen LogP contribution >= 0.6 is 11.8 Å². The van der Waals surface area contributed by atoms with Crippen molar-refractivity contribution < 1.29 is 9.47 Å². The van der Waals surface area contributed by atoms with Crippen LogP contribution in [0.25, 0.3) is 0 Å². The monoisotopic (exact) mass is 269 g/mol. The van der Waals surface area contributed by atoms with Crippen LogP contribution in [0.5, 0.6) is 0 Å². The number of ether oxygens (including phenoxy) is 2. The quantitative estimate of drug-likeness (QED) is 0.446. The van der Waals surface area contributed by atoms with Gasteiger partial charge in [-0.25, -0.2) is 0 Å². The Hall–Kier alpha value is -0.710. The highest BCUT2D eigenvalue weighted by Crippen LogP contribution is 2.25. The topological polar surface area (TPSA) is 44.5 Å². The van der Waals surface area contributed by atoms with Crippen LogP contribution < -0.4 is 5.73 Å². The molecule has 0 saturated carbocycles. The van der Waals surface area contributed by atoms with E-state index in [1.54, 1.807) is 11.8 Å². The standard InChI is InChI=1S/C14H23NO2S/c1-4-16-14(17-5-2)8-9-18-13-10-12(15)7-6-11(13)3/h6-7,10,14H,4-5,8-9,15H2,1-3H3. The van der Waals surface area contributed by atoms with E-state index in [9.17, 15) is 0 Å². The maximum Gasteiger partial charge on any atom is 0.158 e. The minimum absolute atomic E-state index is 0.0890. The van der Waals surface area contributed by atoms with E-state index < -0.39 is 0 Å². The van der Waals surface area contributed by atoms with Gasteiger partial charge in [-0.05, 0) is 38.5 Å². The minimum Gasteiger partial charge on any atom is -0.399 e. The molecule has 102 valence electrons. The summed E-state index contributed by atoms with van der Waals surface area (Å²) in [5.41, 5.74) is 7.87. The van der Waals surface area contributed by atoms with Gasteiger partial charge in [0.1, 0.15) is 0 Å². The molecule has 4 heteroatoms. The van der Waals surface area contributed by atoms with Crippen molar-refractivity contribution in [1.82, 2.24) is 0 Å². The number of hydrogen-bond acceptors (Lipinski definition) is 4. The highest BCUT2D eigenvalue weighted by atomic mass is 32.2. The molecule has 0 aromatic heterocycles. The van der Waals surface area contributed by atoms with Crippen LogP contribution in [0.3, 0.4) is 0 Å². The number of thioether (sulfide) groups is 1. The molecule has 0 aliphatic heterocycles. The van der Waals surface area contributed by atoms with E-state index in [2.05, 4.69) is 13.0 Å². The van der Waals surface area contributed by atoms with Gasteiger partial charge in [0.25, 0.3) is 0 Å². The zero-order valence-corrected chi connectivity index (χ0v) is 12.3. The first-order valence-corrected chi connectivity index (χ1v) is 7.38. The molecule has 0 aliphatic carbocycles. The average molecular weight is 269 g/mol. The summed E-state index contributed by atoms with van der Waals surface area (Å²) in [7, 11) is 0. The Morgan fingerprint density at radius 1 is 1.22 bits per heavy atom. The molecule has 3 nitrogen and oxygen atoms in total. The van der Waals surface area contributed by atoms with Gasteiger partial charge in [-0.1, -0.05) is 6.07 Å². The zero-order chi connectivity index (χ0) is 13.4. The fourth-order valence-corrected chi connectivity index (χ4v) is 2.67. The molecule has 0 unspecified atom stereocenters. The summed E-state index contributed by atoms with van der Waals surface area (Å²) in [4.78, 5) is 1.24. The molecule has 0 amide bonds. The summed E-state index contributed by atoms with van der Waals surface area (Å²) in [5, 5.41) is 0. The molecule has 0 aliphatic rings. The van der Waals surface area contributed by atoms with Crippen molar-refractivity contribution in [1.29, 1.82) is 0 Å². The van der Waals surface area contributed by atoms with Crippen LogP contribution in [0.2, 0.25) is 0 Å². The maximum atomic E-state index is 5.79. The molecule has 1 aromatic carbocycles. The number of aryl methyl sites for hydroxylation is 1. The molecule has 0 heterocycles. The number of hydrogen-bond donors (Lipinski definition) is 1. The first kappa shape index (κ1) is 15.3. The van der Waals surface area contributed by atoms with Crippen LogP contribution in [0, 0.1) is 6.92 Å². The lowest BCUT2D eigenvalue weighted by Crippen LogP contribution is -2.18. The van der Waals surface area contributed by atoms with Crippen LogP contribution in [-0.4, -0.2) is 25.3 Å². The van der Waals surface area contributed by atoms with Gasteiger partial charge in [-0.15, -0.1) is 11.8 Å². The molecule has 0 radical (unpaired) electrons. The zero-order valence-electron chi connectivity index (χ0n) is 11.4. The van der Waals surface area contributed by atoms with Crippen molar-refractivity contribution >= 4 is 17.4 Å². The highest BCUT2D eigenvalue weighted by Gasteiger charge is 2.08. The lowest BCUT2D eigenvalue weighted by molar-refractivity contribution is -0.136. The van der Waals surface area contributed by atoms with Crippen LogP contribution in [0.4, 0.5) is 5.69 Å².